The van der Waals surface area contributed by atoms with Crippen LogP contribution in [0, 0.1) is 0 Å². The Bertz CT molecular complexity index is 1010. The van der Waals surface area contributed by atoms with E-state index in [1.807, 2.05) is 59.3 Å². The Balaban J connectivity index is 1.35. The van der Waals surface area contributed by atoms with Gasteiger partial charge in [0.25, 0.3) is 0 Å². The molecule has 1 aliphatic heterocycles. The molecule has 1 saturated heterocycles. The van der Waals surface area contributed by atoms with E-state index in [2.05, 4.69) is 20.1 Å². The number of halogens is 1. The molecule has 1 aliphatic rings. The first-order valence-corrected chi connectivity index (χ1v) is 10.2. The Kier molecular flexibility index (Phi) is 6.21. The second-order valence-corrected chi connectivity index (χ2v) is 7.53. The minimum atomic E-state index is -0.0478. The maximum atomic E-state index is 12.5. The van der Waals surface area contributed by atoms with E-state index >= 15 is 0 Å². The van der Waals surface area contributed by atoms with Gasteiger partial charge in [-0.15, -0.1) is 0 Å². The SMILES string of the molecule is COc1ccccc1NC(=O)CN1CCN(c2nccn2-c2cccc(Cl)c2)CC1. The van der Waals surface area contributed by atoms with Gasteiger partial charge >= 0.3 is 0 Å². The first kappa shape index (κ1) is 20.3. The smallest absolute Gasteiger partial charge is 0.238 e. The van der Waals surface area contributed by atoms with Crippen molar-refractivity contribution in [3.63, 3.8) is 0 Å². The maximum Gasteiger partial charge on any atom is 0.238 e. The van der Waals surface area contributed by atoms with Gasteiger partial charge in [-0.05, 0) is 30.3 Å². The zero-order valence-electron chi connectivity index (χ0n) is 16.8. The summed E-state index contributed by atoms with van der Waals surface area (Å²) in [6, 6.07) is 15.1. The van der Waals surface area contributed by atoms with E-state index in [9.17, 15) is 4.79 Å². The van der Waals surface area contributed by atoms with E-state index in [0.717, 1.165) is 37.8 Å². The number of ether oxygens (including phenoxy) is 1. The third kappa shape index (κ3) is 4.58. The Morgan fingerprint density at radius 3 is 2.70 bits per heavy atom. The van der Waals surface area contributed by atoms with Crippen molar-refractivity contribution < 1.29 is 9.53 Å². The monoisotopic (exact) mass is 425 g/mol. The van der Waals surface area contributed by atoms with E-state index < -0.39 is 0 Å². The highest BCUT2D eigenvalue weighted by Crippen LogP contribution is 2.24. The van der Waals surface area contributed by atoms with Gasteiger partial charge in [-0.3, -0.25) is 14.3 Å². The molecule has 8 heteroatoms. The highest BCUT2D eigenvalue weighted by Gasteiger charge is 2.22. The van der Waals surface area contributed by atoms with Gasteiger partial charge in [0, 0.05) is 49.3 Å². The lowest BCUT2D eigenvalue weighted by molar-refractivity contribution is -0.117. The molecule has 156 valence electrons. The van der Waals surface area contributed by atoms with Crippen molar-refractivity contribution >= 4 is 29.1 Å². The Hall–Kier alpha value is -3.03. The Labute approximate surface area is 180 Å². The summed E-state index contributed by atoms with van der Waals surface area (Å²) in [4.78, 5) is 21.4. The summed E-state index contributed by atoms with van der Waals surface area (Å²) in [5, 5.41) is 3.63. The fourth-order valence-electron chi connectivity index (χ4n) is 3.60. The van der Waals surface area contributed by atoms with Crippen molar-refractivity contribution in [3.8, 4) is 11.4 Å². The number of para-hydroxylation sites is 2. The summed E-state index contributed by atoms with van der Waals surface area (Å²) in [7, 11) is 1.59. The quantitative estimate of drug-likeness (QED) is 0.656. The summed E-state index contributed by atoms with van der Waals surface area (Å²) in [6.45, 7) is 3.48. The third-order valence-electron chi connectivity index (χ3n) is 5.11. The minimum Gasteiger partial charge on any atom is -0.495 e. The van der Waals surface area contributed by atoms with Crippen molar-refractivity contribution in [1.82, 2.24) is 14.5 Å². The van der Waals surface area contributed by atoms with Crippen LogP contribution in [0.1, 0.15) is 0 Å². The molecule has 1 aromatic heterocycles. The number of imidazole rings is 1. The third-order valence-corrected chi connectivity index (χ3v) is 5.35. The topological polar surface area (TPSA) is 62.6 Å². The lowest BCUT2D eigenvalue weighted by Gasteiger charge is -2.35. The normalized spacial score (nSPS) is 14.5. The molecule has 1 amide bonds. The van der Waals surface area contributed by atoms with E-state index in [-0.39, 0.29) is 5.91 Å². The first-order chi connectivity index (χ1) is 14.6. The van der Waals surface area contributed by atoms with Crippen molar-refractivity contribution in [2.45, 2.75) is 0 Å². The minimum absolute atomic E-state index is 0.0478. The largest absolute Gasteiger partial charge is 0.495 e. The number of carbonyl (C=O) groups excluding carboxylic acids is 1. The summed E-state index contributed by atoms with van der Waals surface area (Å²) in [6.07, 6.45) is 3.73. The van der Waals surface area contributed by atoms with Crippen LogP contribution in [0.5, 0.6) is 5.75 Å². The van der Waals surface area contributed by atoms with Crippen LogP contribution >= 0.6 is 11.6 Å². The number of nitrogens with zero attached hydrogens (tertiary/aromatic N) is 4. The molecule has 3 aromatic rings. The van der Waals surface area contributed by atoms with Gasteiger partial charge in [0.1, 0.15) is 5.75 Å². The number of rotatable bonds is 6. The van der Waals surface area contributed by atoms with Crippen molar-refractivity contribution in [1.29, 1.82) is 0 Å². The highest BCUT2D eigenvalue weighted by molar-refractivity contribution is 6.30. The fraction of sp³-hybridized carbons (Fsp3) is 0.273. The van der Waals surface area contributed by atoms with Gasteiger partial charge in [0.15, 0.2) is 0 Å². The zero-order chi connectivity index (χ0) is 20.9. The first-order valence-electron chi connectivity index (χ1n) is 9.83. The molecule has 0 saturated carbocycles. The van der Waals surface area contributed by atoms with Crippen molar-refractivity contribution in [3.05, 3.63) is 65.9 Å². The van der Waals surface area contributed by atoms with Crippen LogP contribution in [-0.2, 0) is 4.79 Å². The van der Waals surface area contributed by atoms with E-state index in [4.69, 9.17) is 16.3 Å². The number of methoxy groups -OCH3 is 1. The molecular formula is C22H24ClN5O2. The predicted octanol–water partition coefficient (Wildman–Crippen LogP) is 3.30. The Morgan fingerprint density at radius 2 is 1.93 bits per heavy atom. The molecule has 0 unspecified atom stereocenters. The molecule has 2 heterocycles. The fourth-order valence-corrected chi connectivity index (χ4v) is 3.79. The number of hydrogen-bond acceptors (Lipinski definition) is 5. The Morgan fingerprint density at radius 1 is 1.13 bits per heavy atom. The van der Waals surface area contributed by atoms with Crippen LogP contribution in [-0.4, -0.2) is 60.2 Å². The molecule has 30 heavy (non-hydrogen) atoms. The molecule has 1 fully saturated rings. The molecule has 0 aliphatic carbocycles. The number of hydrogen-bond donors (Lipinski definition) is 1. The number of anilines is 2. The molecule has 7 nitrogen and oxygen atoms in total. The average molecular weight is 426 g/mol. The summed E-state index contributed by atoms with van der Waals surface area (Å²) in [5.41, 5.74) is 1.67. The van der Waals surface area contributed by atoms with Gasteiger partial charge < -0.3 is 15.0 Å². The highest BCUT2D eigenvalue weighted by atomic mass is 35.5. The number of nitrogens with one attached hydrogen (secondary N) is 1. The number of carbonyl (C=O) groups is 1. The van der Waals surface area contributed by atoms with Crippen LogP contribution in [0.25, 0.3) is 5.69 Å². The van der Waals surface area contributed by atoms with Crippen molar-refractivity contribution in [2.24, 2.45) is 0 Å². The molecule has 0 radical (unpaired) electrons. The van der Waals surface area contributed by atoms with Crippen LogP contribution in [0.3, 0.4) is 0 Å². The molecule has 0 spiro atoms. The van der Waals surface area contributed by atoms with Gasteiger partial charge in [-0.25, -0.2) is 4.98 Å². The zero-order valence-corrected chi connectivity index (χ0v) is 17.5. The van der Waals surface area contributed by atoms with E-state index in [1.54, 1.807) is 13.3 Å². The molecule has 0 atom stereocenters. The molecular weight excluding hydrogens is 402 g/mol. The van der Waals surface area contributed by atoms with E-state index in [1.165, 1.54) is 0 Å². The lowest BCUT2D eigenvalue weighted by Crippen LogP contribution is -2.49. The molecule has 0 bridgehead atoms. The standard InChI is InChI=1S/C22H24ClN5O2/c1-30-20-8-3-2-7-19(20)25-21(29)16-26-11-13-27(14-12-26)22-24-9-10-28(22)18-6-4-5-17(23)15-18/h2-10,15H,11-14,16H2,1H3,(H,25,29). The van der Waals surface area contributed by atoms with Crippen molar-refractivity contribution in [2.75, 3.05) is 50.1 Å². The molecule has 4 rings (SSSR count). The van der Waals surface area contributed by atoms with Gasteiger partial charge in [0.05, 0.1) is 19.3 Å². The molecule has 1 N–H and O–H groups in total. The summed E-state index contributed by atoms with van der Waals surface area (Å²) in [5.74, 6) is 1.49. The number of piperazine rings is 1. The van der Waals surface area contributed by atoms with Crippen LogP contribution < -0.4 is 15.0 Å². The number of amides is 1. The lowest BCUT2D eigenvalue weighted by atomic mass is 10.2. The van der Waals surface area contributed by atoms with Gasteiger partial charge in [-0.1, -0.05) is 29.8 Å². The van der Waals surface area contributed by atoms with Gasteiger partial charge in [0.2, 0.25) is 11.9 Å². The average Bonchev–Trinajstić information content (AvgIpc) is 3.24. The number of benzene rings is 2. The second-order valence-electron chi connectivity index (χ2n) is 7.09. The summed E-state index contributed by atoms with van der Waals surface area (Å²) < 4.78 is 7.33. The van der Waals surface area contributed by atoms with Crippen LogP contribution in [0.15, 0.2) is 60.9 Å². The van der Waals surface area contributed by atoms with Crippen LogP contribution in [0.2, 0.25) is 5.02 Å². The number of aromatic nitrogens is 2. The van der Waals surface area contributed by atoms with Crippen LogP contribution in [0.4, 0.5) is 11.6 Å². The second kappa shape index (κ2) is 9.19. The van der Waals surface area contributed by atoms with E-state index in [0.29, 0.717) is 23.0 Å². The maximum absolute atomic E-state index is 12.5. The molecule has 2 aromatic carbocycles. The predicted molar refractivity (Wildman–Crippen MR) is 119 cm³/mol. The summed E-state index contributed by atoms with van der Waals surface area (Å²) >= 11 is 6.14. The van der Waals surface area contributed by atoms with Gasteiger partial charge in [-0.2, -0.15) is 0 Å².